The highest BCUT2D eigenvalue weighted by Crippen LogP contribution is 2.30. The quantitative estimate of drug-likeness (QED) is 0.825. The van der Waals surface area contributed by atoms with Gasteiger partial charge >= 0.3 is 5.97 Å². The molecule has 128 valence electrons. The number of ether oxygens (including phenoxy) is 2. The van der Waals surface area contributed by atoms with Gasteiger partial charge in [0, 0.05) is 11.8 Å². The highest BCUT2D eigenvalue weighted by Gasteiger charge is 2.19. The lowest BCUT2D eigenvalue weighted by Gasteiger charge is -2.12. The Morgan fingerprint density at radius 1 is 1.08 bits per heavy atom. The Balaban J connectivity index is 2.38. The maximum atomic E-state index is 13.4. The van der Waals surface area contributed by atoms with Gasteiger partial charge in [0.1, 0.15) is 5.82 Å². The summed E-state index contributed by atoms with van der Waals surface area (Å²) in [4.78, 5) is 10.8. The maximum Gasteiger partial charge on any atom is 0.338 e. The van der Waals surface area contributed by atoms with E-state index in [1.165, 1.54) is 32.4 Å². The van der Waals surface area contributed by atoms with Crippen LogP contribution in [-0.2, 0) is 10.0 Å². The Hall–Kier alpha value is -2.81. The van der Waals surface area contributed by atoms with Gasteiger partial charge in [-0.2, -0.15) is 0 Å². The number of methoxy groups -OCH3 is 2. The molecule has 2 aromatic carbocycles. The summed E-state index contributed by atoms with van der Waals surface area (Å²) in [5.41, 5.74) is -0.717. The number of benzene rings is 2. The largest absolute Gasteiger partial charge is 0.493 e. The molecule has 0 aliphatic carbocycles. The van der Waals surface area contributed by atoms with Gasteiger partial charge in [0.2, 0.25) is 0 Å². The van der Waals surface area contributed by atoms with E-state index in [0.29, 0.717) is 5.75 Å². The van der Waals surface area contributed by atoms with Crippen LogP contribution in [0.15, 0.2) is 41.3 Å². The third-order valence-electron chi connectivity index (χ3n) is 3.11. The van der Waals surface area contributed by atoms with Crippen molar-refractivity contribution in [3.8, 4) is 11.5 Å². The molecular formula is C15H14FNO6S. The summed E-state index contributed by atoms with van der Waals surface area (Å²) in [6, 6.07) is 6.86. The molecule has 0 fully saturated rings. The van der Waals surface area contributed by atoms with Gasteiger partial charge < -0.3 is 14.6 Å². The molecule has 0 spiro atoms. The standard InChI is InChI=1S/C15H14FNO6S/c1-22-13-6-4-10(8-14(13)23-2)24(20,21)17-9-3-5-12(16)11(7-9)15(18)19/h3-8,17H,1-2H3,(H,18,19). The number of nitrogens with one attached hydrogen (secondary N) is 1. The molecule has 0 aliphatic heterocycles. The Labute approximate surface area is 137 Å². The van der Waals surface area contributed by atoms with Crippen LogP contribution in [0.25, 0.3) is 0 Å². The van der Waals surface area contributed by atoms with Gasteiger partial charge in [-0.3, -0.25) is 4.72 Å². The second-order valence-corrected chi connectivity index (χ2v) is 6.30. The van der Waals surface area contributed by atoms with E-state index in [4.69, 9.17) is 14.6 Å². The average molecular weight is 355 g/mol. The monoisotopic (exact) mass is 355 g/mol. The number of rotatable bonds is 6. The summed E-state index contributed by atoms with van der Waals surface area (Å²) in [7, 11) is -1.25. The summed E-state index contributed by atoms with van der Waals surface area (Å²) < 4.78 is 50.4. The average Bonchev–Trinajstić information content (AvgIpc) is 2.55. The van der Waals surface area contributed by atoms with Crippen LogP contribution >= 0.6 is 0 Å². The fourth-order valence-electron chi connectivity index (χ4n) is 1.95. The van der Waals surface area contributed by atoms with Gasteiger partial charge in [0.25, 0.3) is 10.0 Å². The first-order valence-corrected chi connectivity index (χ1v) is 8.04. The van der Waals surface area contributed by atoms with Crippen LogP contribution in [-0.4, -0.2) is 33.7 Å². The molecule has 2 N–H and O–H groups in total. The van der Waals surface area contributed by atoms with Crippen molar-refractivity contribution in [3.05, 3.63) is 47.8 Å². The van der Waals surface area contributed by atoms with Crippen molar-refractivity contribution >= 4 is 21.7 Å². The van der Waals surface area contributed by atoms with E-state index >= 15 is 0 Å². The topological polar surface area (TPSA) is 102 Å². The molecule has 0 heterocycles. The zero-order valence-corrected chi connectivity index (χ0v) is 13.6. The summed E-state index contributed by atoms with van der Waals surface area (Å²) >= 11 is 0. The van der Waals surface area contributed by atoms with E-state index in [0.717, 1.165) is 18.2 Å². The summed E-state index contributed by atoms with van der Waals surface area (Å²) in [5.74, 6) is -1.90. The number of anilines is 1. The van der Waals surface area contributed by atoms with E-state index in [-0.39, 0.29) is 16.3 Å². The Morgan fingerprint density at radius 2 is 1.75 bits per heavy atom. The van der Waals surface area contributed by atoms with E-state index < -0.39 is 27.4 Å². The lowest BCUT2D eigenvalue weighted by atomic mass is 10.2. The first-order valence-electron chi connectivity index (χ1n) is 6.56. The third-order valence-corrected chi connectivity index (χ3v) is 4.49. The molecule has 0 aliphatic rings. The fraction of sp³-hybridized carbons (Fsp3) is 0.133. The van der Waals surface area contributed by atoms with E-state index in [9.17, 15) is 17.6 Å². The minimum Gasteiger partial charge on any atom is -0.493 e. The summed E-state index contributed by atoms with van der Waals surface area (Å²) in [5, 5.41) is 8.88. The number of hydrogen-bond donors (Lipinski definition) is 2. The lowest BCUT2D eigenvalue weighted by molar-refractivity contribution is 0.0692. The molecule has 0 saturated heterocycles. The molecule has 24 heavy (non-hydrogen) atoms. The summed E-state index contributed by atoms with van der Waals surface area (Å²) in [6.45, 7) is 0. The number of carboxylic acids is 1. The molecule has 0 atom stereocenters. The predicted molar refractivity (Wildman–Crippen MR) is 83.7 cm³/mol. The lowest BCUT2D eigenvalue weighted by Crippen LogP contribution is -2.14. The number of halogens is 1. The molecule has 0 aromatic heterocycles. The van der Waals surface area contributed by atoms with Gasteiger partial charge in [-0.05, 0) is 30.3 Å². The van der Waals surface area contributed by atoms with Gasteiger partial charge in [0.05, 0.1) is 24.7 Å². The van der Waals surface area contributed by atoms with Crippen molar-refractivity contribution < 1.29 is 32.2 Å². The molecule has 0 amide bonds. The second kappa shape index (κ2) is 6.75. The van der Waals surface area contributed by atoms with Gasteiger partial charge in [-0.1, -0.05) is 0 Å². The first-order chi connectivity index (χ1) is 11.3. The Bertz CT molecular complexity index is 882. The van der Waals surface area contributed by atoms with Crippen molar-refractivity contribution in [2.24, 2.45) is 0 Å². The predicted octanol–water partition coefficient (Wildman–Crippen LogP) is 2.34. The number of hydrogen-bond acceptors (Lipinski definition) is 5. The van der Waals surface area contributed by atoms with Crippen LogP contribution in [0, 0.1) is 5.82 Å². The Kier molecular flexibility index (Phi) is 4.93. The molecule has 0 bridgehead atoms. The number of sulfonamides is 1. The maximum absolute atomic E-state index is 13.4. The van der Waals surface area contributed by atoms with E-state index in [1.807, 2.05) is 0 Å². The van der Waals surface area contributed by atoms with Crippen molar-refractivity contribution in [1.82, 2.24) is 0 Å². The van der Waals surface area contributed by atoms with Crippen LogP contribution in [0.1, 0.15) is 10.4 Å². The Morgan fingerprint density at radius 3 is 2.33 bits per heavy atom. The van der Waals surface area contributed by atoms with Crippen molar-refractivity contribution in [1.29, 1.82) is 0 Å². The highest BCUT2D eigenvalue weighted by atomic mass is 32.2. The van der Waals surface area contributed by atoms with Gasteiger partial charge in [-0.15, -0.1) is 0 Å². The third kappa shape index (κ3) is 3.57. The van der Waals surface area contributed by atoms with Crippen LogP contribution < -0.4 is 14.2 Å². The number of aromatic carboxylic acids is 1. The molecular weight excluding hydrogens is 341 g/mol. The van der Waals surface area contributed by atoms with E-state index in [2.05, 4.69) is 4.72 Å². The smallest absolute Gasteiger partial charge is 0.338 e. The van der Waals surface area contributed by atoms with Crippen LogP contribution in [0.4, 0.5) is 10.1 Å². The molecule has 0 saturated carbocycles. The van der Waals surface area contributed by atoms with Crippen molar-refractivity contribution in [3.63, 3.8) is 0 Å². The highest BCUT2D eigenvalue weighted by molar-refractivity contribution is 7.92. The molecule has 0 unspecified atom stereocenters. The molecule has 7 nitrogen and oxygen atoms in total. The summed E-state index contributed by atoms with van der Waals surface area (Å²) in [6.07, 6.45) is 0. The van der Waals surface area contributed by atoms with Gasteiger partial charge in [0.15, 0.2) is 11.5 Å². The fourth-order valence-corrected chi connectivity index (χ4v) is 3.01. The van der Waals surface area contributed by atoms with Crippen LogP contribution in [0.2, 0.25) is 0 Å². The van der Waals surface area contributed by atoms with Crippen molar-refractivity contribution in [2.75, 3.05) is 18.9 Å². The zero-order chi connectivity index (χ0) is 17.9. The molecule has 2 aromatic rings. The normalized spacial score (nSPS) is 11.0. The molecule has 0 radical (unpaired) electrons. The minimum atomic E-state index is -4.03. The van der Waals surface area contributed by atoms with Gasteiger partial charge in [-0.25, -0.2) is 17.6 Å². The minimum absolute atomic E-state index is 0.0800. The number of carboxylic acid groups (broad SMARTS) is 1. The van der Waals surface area contributed by atoms with Crippen molar-refractivity contribution in [2.45, 2.75) is 4.90 Å². The van der Waals surface area contributed by atoms with E-state index in [1.54, 1.807) is 0 Å². The SMILES string of the molecule is COc1ccc(S(=O)(=O)Nc2ccc(F)c(C(=O)O)c2)cc1OC. The number of carbonyl (C=O) groups is 1. The van der Waals surface area contributed by atoms with Crippen LogP contribution in [0.3, 0.4) is 0 Å². The molecule has 2 rings (SSSR count). The zero-order valence-electron chi connectivity index (χ0n) is 12.7. The molecule has 9 heteroatoms. The second-order valence-electron chi connectivity index (χ2n) is 4.62. The first kappa shape index (κ1) is 17.5. The van der Waals surface area contributed by atoms with Crippen LogP contribution in [0.5, 0.6) is 11.5 Å².